The van der Waals surface area contributed by atoms with Gasteiger partial charge in [-0.15, -0.1) is 0 Å². The fourth-order valence-electron chi connectivity index (χ4n) is 2.59. The number of anilines is 1. The van der Waals surface area contributed by atoms with Gasteiger partial charge in [0.2, 0.25) is 0 Å². The maximum Gasteiger partial charge on any atom is 0.272 e. The van der Waals surface area contributed by atoms with Crippen molar-refractivity contribution in [3.63, 3.8) is 0 Å². The van der Waals surface area contributed by atoms with Gasteiger partial charge >= 0.3 is 0 Å². The van der Waals surface area contributed by atoms with Gasteiger partial charge < -0.3 is 10.6 Å². The van der Waals surface area contributed by atoms with Crippen molar-refractivity contribution >= 4 is 39.5 Å². The highest BCUT2D eigenvalue weighted by Crippen LogP contribution is 2.15. The molecular weight excluding hydrogens is 416 g/mol. The topological polar surface area (TPSA) is 58.2 Å². The third-order valence-electron chi connectivity index (χ3n) is 3.99. The molecule has 0 aliphatic heterocycles. The van der Waals surface area contributed by atoms with Gasteiger partial charge in [-0.3, -0.25) is 9.59 Å². The van der Waals surface area contributed by atoms with Crippen molar-refractivity contribution in [2.75, 3.05) is 5.32 Å². The van der Waals surface area contributed by atoms with Gasteiger partial charge in [0, 0.05) is 15.7 Å². The Labute approximate surface area is 172 Å². The number of amides is 2. The molecule has 2 N–H and O–H groups in total. The lowest BCUT2D eigenvalue weighted by Gasteiger charge is -2.12. The van der Waals surface area contributed by atoms with Crippen LogP contribution in [0.4, 0.5) is 5.69 Å². The van der Waals surface area contributed by atoms with E-state index in [2.05, 4.69) is 26.6 Å². The first kappa shape index (κ1) is 19.6. The minimum Gasteiger partial charge on any atom is -0.321 e. The highest BCUT2D eigenvalue weighted by molar-refractivity contribution is 9.10. The second kappa shape index (κ2) is 9.15. The Morgan fingerprint density at radius 2 is 1.61 bits per heavy atom. The van der Waals surface area contributed by atoms with E-state index in [9.17, 15) is 9.59 Å². The average Bonchev–Trinajstić information content (AvgIpc) is 2.69. The standard InChI is InChI=1S/C23H19BrN2O2/c1-16-6-5-9-20(14-16)25-23(28)21(15-17-10-12-19(24)13-11-17)26-22(27)18-7-3-2-4-8-18/h2-15H,1H3,(H,25,28)(H,26,27)/b21-15-. The van der Waals surface area contributed by atoms with E-state index in [1.165, 1.54) is 0 Å². The smallest absolute Gasteiger partial charge is 0.272 e. The lowest BCUT2D eigenvalue weighted by atomic mass is 10.1. The molecule has 3 aromatic carbocycles. The molecule has 0 atom stereocenters. The molecule has 0 saturated carbocycles. The van der Waals surface area contributed by atoms with E-state index in [4.69, 9.17) is 0 Å². The predicted octanol–water partition coefficient (Wildman–Crippen LogP) is 5.17. The molecule has 5 heteroatoms. The van der Waals surface area contributed by atoms with Crippen LogP contribution in [0.2, 0.25) is 0 Å². The van der Waals surface area contributed by atoms with E-state index in [-0.39, 0.29) is 11.6 Å². The van der Waals surface area contributed by atoms with Gasteiger partial charge in [-0.25, -0.2) is 0 Å². The molecule has 3 rings (SSSR count). The van der Waals surface area contributed by atoms with Crippen LogP contribution in [0, 0.1) is 6.92 Å². The summed E-state index contributed by atoms with van der Waals surface area (Å²) >= 11 is 3.39. The van der Waals surface area contributed by atoms with Crippen LogP contribution in [0.3, 0.4) is 0 Å². The van der Waals surface area contributed by atoms with Gasteiger partial charge in [-0.05, 0) is 60.5 Å². The van der Waals surface area contributed by atoms with Crippen molar-refractivity contribution in [1.82, 2.24) is 5.32 Å². The van der Waals surface area contributed by atoms with Crippen molar-refractivity contribution in [3.8, 4) is 0 Å². The summed E-state index contributed by atoms with van der Waals surface area (Å²) in [6.45, 7) is 1.95. The molecule has 28 heavy (non-hydrogen) atoms. The number of nitrogens with one attached hydrogen (secondary N) is 2. The molecule has 0 aromatic heterocycles. The van der Waals surface area contributed by atoms with Gasteiger partial charge in [0.15, 0.2) is 0 Å². The lowest BCUT2D eigenvalue weighted by molar-refractivity contribution is -0.113. The minimum atomic E-state index is -0.391. The number of rotatable bonds is 5. The quantitative estimate of drug-likeness (QED) is 0.544. The first-order valence-corrected chi connectivity index (χ1v) is 9.52. The van der Waals surface area contributed by atoms with Crippen molar-refractivity contribution in [3.05, 3.63) is 106 Å². The second-order valence-electron chi connectivity index (χ2n) is 6.25. The highest BCUT2D eigenvalue weighted by atomic mass is 79.9. The van der Waals surface area contributed by atoms with E-state index < -0.39 is 5.91 Å². The summed E-state index contributed by atoms with van der Waals surface area (Å²) in [5.41, 5.74) is 3.14. The number of halogens is 1. The van der Waals surface area contributed by atoms with E-state index in [0.717, 1.165) is 15.6 Å². The van der Waals surface area contributed by atoms with Gasteiger partial charge in [-0.2, -0.15) is 0 Å². The summed E-state index contributed by atoms with van der Waals surface area (Å²) in [5.74, 6) is -0.735. The maximum absolute atomic E-state index is 12.9. The molecule has 0 aliphatic carbocycles. The summed E-state index contributed by atoms with van der Waals surface area (Å²) in [6.07, 6.45) is 1.65. The van der Waals surface area contributed by atoms with Gasteiger partial charge in [0.05, 0.1) is 0 Å². The first-order valence-electron chi connectivity index (χ1n) is 8.73. The average molecular weight is 435 g/mol. The Hall–Kier alpha value is -3.18. The van der Waals surface area contributed by atoms with Crippen LogP contribution in [0.5, 0.6) is 0 Å². The van der Waals surface area contributed by atoms with Crippen molar-refractivity contribution in [2.45, 2.75) is 6.92 Å². The van der Waals surface area contributed by atoms with Crippen LogP contribution < -0.4 is 10.6 Å². The largest absolute Gasteiger partial charge is 0.321 e. The van der Waals surface area contributed by atoms with Crippen molar-refractivity contribution in [1.29, 1.82) is 0 Å². The number of hydrogen-bond acceptors (Lipinski definition) is 2. The Balaban J connectivity index is 1.88. The van der Waals surface area contributed by atoms with Crippen LogP contribution in [-0.2, 0) is 4.79 Å². The number of benzene rings is 3. The van der Waals surface area contributed by atoms with Crippen LogP contribution in [0.15, 0.2) is 89.0 Å². The number of hydrogen-bond donors (Lipinski definition) is 2. The second-order valence-corrected chi connectivity index (χ2v) is 7.17. The van der Waals surface area contributed by atoms with Gasteiger partial charge in [0.1, 0.15) is 5.70 Å². The molecule has 0 bridgehead atoms. The Morgan fingerprint density at radius 3 is 2.29 bits per heavy atom. The summed E-state index contributed by atoms with van der Waals surface area (Å²) < 4.78 is 0.934. The molecule has 0 aliphatic rings. The molecule has 0 spiro atoms. The van der Waals surface area contributed by atoms with Crippen LogP contribution >= 0.6 is 15.9 Å². The molecular formula is C23H19BrN2O2. The molecule has 0 fully saturated rings. The molecule has 0 saturated heterocycles. The lowest BCUT2D eigenvalue weighted by Crippen LogP contribution is -2.30. The van der Waals surface area contributed by atoms with E-state index in [0.29, 0.717) is 11.3 Å². The summed E-state index contributed by atoms with van der Waals surface area (Å²) in [4.78, 5) is 25.4. The zero-order valence-electron chi connectivity index (χ0n) is 15.3. The third kappa shape index (κ3) is 5.41. The normalized spacial score (nSPS) is 11.0. The summed E-state index contributed by atoms with van der Waals surface area (Å²) in [7, 11) is 0. The number of carbonyl (C=O) groups is 2. The number of aryl methyl sites for hydroxylation is 1. The monoisotopic (exact) mass is 434 g/mol. The molecule has 140 valence electrons. The summed E-state index contributed by atoms with van der Waals surface area (Å²) in [6, 6.07) is 23.8. The van der Waals surface area contributed by atoms with E-state index in [1.54, 1.807) is 36.4 Å². The third-order valence-corrected chi connectivity index (χ3v) is 4.51. The maximum atomic E-state index is 12.9. The highest BCUT2D eigenvalue weighted by Gasteiger charge is 2.15. The minimum absolute atomic E-state index is 0.165. The molecule has 0 unspecified atom stereocenters. The van der Waals surface area contributed by atoms with E-state index >= 15 is 0 Å². The Bertz CT molecular complexity index is 1010. The number of carbonyl (C=O) groups excluding carboxylic acids is 2. The fourth-order valence-corrected chi connectivity index (χ4v) is 2.85. The first-order chi connectivity index (χ1) is 13.5. The van der Waals surface area contributed by atoms with Gasteiger partial charge in [-0.1, -0.05) is 58.4 Å². The van der Waals surface area contributed by atoms with Crippen LogP contribution in [-0.4, -0.2) is 11.8 Å². The summed E-state index contributed by atoms with van der Waals surface area (Å²) in [5, 5.41) is 5.57. The molecule has 2 amide bonds. The van der Waals surface area contributed by atoms with E-state index in [1.807, 2.05) is 55.5 Å². The van der Waals surface area contributed by atoms with Crippen LogP contribution in [0.1, 0.15) is 21.5 Å². The van der Waals surface area contributed by atoms with Gasteiger partial charge in [0.25, 0.3) is 11.8 Å². The predicted molar refractivity (Wildman–Crippen MR) is 116 cm³/mol. The zero-order chi connectivity index (χ0) is 19.9. The molecule has 0 heterocycles. The Morgan fingerprint density at radius 1 is 0.893 bits per heavy atom. The zero-order valence-corrected chi connectivity index (χ0v) is 16.9. The van der Waals surface area contributed by atoms with Crippen molar-refractivity contribution in [2.24, 2.45) is 0 Å². The molecule has 0 radical (unpaired) electrons. The van der Waals surface area contributed by atoms with Crippen LogP contribution in [0.25, 0.3) is 6.08 Å². The fraction of sp³-hybridized carbons (Fsp3) is 0.0435. The molecule has 3 aromatic rings. The SMILES string of the molecule is Cc1cccc(NC(=O)/C(=C/c2ccc(Br)cc2)NC(=O)c2ccccc2)c1. The molecule has 4 nitrogen and oxygen atoms in total. The van der Waals surface area contributed by atoms with Crippen molar-refractivity contribution < 1.29 is 9.59 Å². The Kier molecular flexibility index (Phi) is 6.40.